The molecule has 1 saturated heterocycles. The summed E-state index contributed by atoms with van der Waals surface area (Å²) in [5, 5.41) is 6.53. The van der Waals surface area contributed by atoms with E-state index in [1.54, 1.807) is 25.6 Å². The molecule has 1 fully saturated rings. The normalized spacial score (nSPS) is 17.3. The van der Waals surface area contributed by atoms with Gasteiger partial charge in [0.05, 0.1) is 25.5 Å². The molecule has 0 radical (unpaired) electrons. The second-order valence-corrected chi connectivity index (χ2v) is 6.57. The number of rotatable bonds is 5. The third-order valence-corrected chi connectivity index (χ3v) is 5.11. The minimum Gasteiger partial charge on any atom is -0.493 e. The molecule has 1 atom stereocenters. The molecule has 8 heteroatoms. The van der Waals surface area contributed by atoms with Gasteiger partial charge in [0.1, 0.15) is 5.01 Å². The molecule has 3 rings (SSSR count). The lowest BCUT2D eigenvalue weighted by Gasteiger charge is -2.33. The lowest BCUT2D eigenvalue weighted by atomic mass is 10.2. The minimum atomic E-state index is 0. The lowest BCUT2D eigenvalue weighted by molar-refractivity contribution is 0.164. The molecule has 1 aromatic heterocycles. The first kappa shape index (κ1) is 22.0. The van der Waals surface area contributed by atoms with Gasteiger partial charge in [-0.05, 0) is 19.1 Å². The van der Waals surface area contributed by atoms with Gasteiger partial charge in [-0.2, -0.15) is 0 Å². The molecule has 0 saturated carbocycles. The van der Waals surface area contributed by atoms with Crippen LogP contribution in [0, 0.1) is 0 Å². The Morgan fingerprint density at radius 1 is 1.28 bits per heavy atom. The average Bonchev–Trinajstić information content (AvgIpc) is 3.04. The van der Waals surface area contributed by atoms with E-state index >= 15 is 0 Å². The molecule has 0 bridgehead atoms. The molecule has 1 aliphatic heterocycles. The zero-order chi connectivity index (χ0) is 16.2. The predicted octanol–water partition coefficient (Wildman–Crippen LogP) is 3.46. The molecule has 1 N–H and O–H groups in total. The number of para-hydroxylation sites is 1. The molecule has 25 heavy (non-hydrogen) atoms. The van der Waals surface area contributed by atoms with Crippen LogP contribution in [0.2, 0.25) is 0 Å². The van der Waals surface area contributed by atoms with Crippen LogP contribution >= 0.6 is 36.2 Å². The Labute approximate surface area is 165 Å². The quantitative estimate of drug-likeness (QED) is 0.824. The van der Waals surface area contributed by atoms with Crippen molar-refractivity contribution in [2.75, 3.05) is 33.9 Å². The van der Waals surface area contributed by atoms with E-state index in [4.69, 9.17) is 14.5 Å². The van der Waals surface area contributed by atoms with Gasteiger partial charge in [-0.3, -0.25) is 4.90 Å². The minimum absolute atomic E-state index is 0. The van der Waals surface area contributed by atoms with E-state index in [2.05, 4.69) is 22.5 Å². The maximum absolute atomic E-state index is 5.52. The fraction of sp³-hybridized carbons (Fsp3) is 0.471. The van der Waals surface area contributed by atoms with Crippen molar-refractivity contribution in [1.29, 1.82) is 0 Å². The molecule has 140 valence electrons. The molecule has 5 nitrogen and oxygen atoms in total. The Morgan fingerprint density at radius 3 is 2.76 bits per heavy atom. The van der Waals surface area contributed by atoms with Gasteiger partial charge in [-0.25, -0.2) is 4.98 Å². The van der Waals surface area contributed by atoms with Crippen LogP contribution in [0.1, 0.15) is 12.6 Å². The number of nitrogens with one attached hydrogen (secondary N) is 1. The summed E-state index contributed by atoms with van der Waals surface area (Å²) < 4.78 is 10.9. The van der Waals surface area contributed by atoms with Crippen LogP contribution in [-0.2, 0) is 6.54 Å². The summed E-state index contributed by atoms with van der Waals surface area (Å²) in [5.74, 6) is 1.48. The first-order valence-corrected chi connectivity index (χ1v) is 8.71. The van der Waals surface area contributed by atoms with Crippen molar-refractivity contribution >= 4 is 36.2 Å². The summed E-state index contributed by atoms with van der Waals surface area (Å²) in [5.41, 5.74) is 2.10. The second kappa shape index (κ2) is 10.2. The van der Waals surface area contributed by atoms with E-state index in [9.17, 15) is 0 Å². The van der Waals surface area contributed by atoms with Crippen LogP contribution in [0.25, 0.3) is 10.6 Å². The molecule has 0 aliphatic carbocycles. The van der Waals surface area contributed by atoms with Gasteiger partial charge in [0.25, 0.3) is 0 Å². The summed E-state index contributed by atoms with van der Waals surface area (Å²) in [6.07, 6.45) is 0. The van der Waals surface area contributed by atoms with Crippen molar-refractivity contribution in [2.45, 2.75) is 19.5 Å². The number of hydrogen-bond acceptors (Lipinski definition) is 6. The third-order valence-electron chi connectivity index (χ3n) is 4.19. The van der Waals surface area contributed by atoms with Crippen molar-refractivity contribution in [1.82, 2.24) is 15.2 Å². The van der Waals surface area contributed by atoms with E-state index in [1.807, 2.05) is 18.2 Å². The lowest BCUT2D eigenvalue weighted by Crippen LogP contribution is -2.49. The van der Waals surface area contributed by atoms with Crippen LogP contribution in [0.4, 0.5) is 0 Å². The van der Waals surface area contributed by atoms with Crippen molar-refractivity contribution in [3.8, 4) is 22.1 Å². The Bertz CT molecular complexity index is 669. The van der Waals surface area contributed by atoms with E-state index in [-0.39, 0.29) is 24.8 Å². The topological polar surface area (TPSA) is 46.6 Å². The summed E-state index contributed by atoms with van der Waals surface area (Å²) in [7, 11) is 3.32. The fourth-order valence-electron chi connectivity index (χ4n) is 2.88. The van der Waals surface area contributed by atoms with E-state index in [0.29, 0.717) is 6.04 Å². The summed E-state index contributed by atoms with van der Waals surface area (Å²) in [6, 6.07) is 6.44. The van der Waals surface area contributed by atoms with E-state index < -0.39 is 0 Å². The van der Waals surface area contributed by atoms with Crippen LogP contribution in [0.15, 0.2) is 23.6 Å². The number of piperazine rings is 1. The SMILES string of the molecule is COc1cccc(-c2nc(CN3CCNC[C@@H]3C)cs2)c1OC.Cl.Cl. The number of thiazole rings is 1. The van der Waals surface area contributed by atoms with Gasteiger partial charge >= 0.3 is 0 Å². The highest BCUT2D eigenvalue weighted by Gasteiger charge is 2.20. The van der Waals surface area contributed by atoms with Gasteiger partial charge in [-0.1, -0.05) is 6.07 Å². The van der Waals surface area contributed by atoms with Gasteiger partial charge in [0.15, 0.2) is 11.5 Å². The van der Waals surface area contributed by atoms with Crippen molar-refractivity contribution in [3.05, 3.63) is 29.3 Å². The summed E-state index contributed by atoms with van der Waals surface area (Å²) in [6.45, 7) is 6.30. The maximum atomic E-state index is 5.52. The molecule has 0 unspecified atom stereocenters. The molecular formula is C17H25Cl2N3O2S. The third kappa shape index (κ3) is 4.99. The molecule has 2 heterocycles. The van der Waals surface area contributed by atoms with Crippen LogP contribution in [0.3, 0.4) is 0 Å². The standard InChI is InChI=1S/C17H23N3O2S.2ClH/c1-12-9-18-7-8-20(12)10-13-11-23-17(19-13)14-5-4-6-15(21-2)16(14)22-3;;/h4-6,11-12,18H,7-10H2,1-3H3;2*1H/t12-;;/m0../s1. The Hall–Kier alpha value is -1.05. The van der Waals surface area contributed by atoms with Gasteiger partial charge in [-0.15, -0.1) is 36.2 Å². The zero-order valence-electron chi connectivity index (χ0n) is 14.7. The number of ether oxygens (including phenoxy) is 2. The largest absolute Gasteiger partial charge is 0.493 e. The van der Waals surface area contributed by atoms with Crippen LogP contribution < -0.4 is 14.8 Å². The molecule has 0 spiro atoms. The zero-order valence-corrected chi connectivity index (χ0v) is 17.1. The summed E-state index contributed by atoms with van der Waals surface area (Å²) in [4.78, 5) is 7.28. The Morgan fingerprint density at radius 2 is 2.08 bits per heavy atom. The highest BCUT2D eigenvalue weighted by molar-refractivity contribution is 7.13. The maximum Gasteiger partial charge on any atom is 0.170 e. The predicted molar refractivity (Wildman–Crippen MR) is 108 cm³/mol. The molecule has 2 aromatic rings. The van der Waals surface area contributed by atoms with Crippen molar-refractivity contribution in [2.24, 2.45) is 0 Å². The highest BCUT2D eigenvalue weighted by Crippen LogP contribution is 2.39. The monoisotopic (exact) mass is 405 g/mol. The van der Waals surface area contributed by atoms with Crippen LogP contribution in [0.5, 0.6) is 11.5 Å². The Balaban J connectivity index is 0.00000156. The Kier molecular flexibility index (Phi) is 8.96. The summed E-state index contributed by atoms with van der Waals surface area (Å²) >= 11 is 1.65. The van der Waals surface area contributed by atoms with Crippen molar-refractivity contribution in [3.63, 3.8) is 0 Å². The first-order chi connectivity index (χ1) is 11.2. The number of halogens is 2. The van der Waals surface area contributed by atoms with Gasteiger partial charge in [0, 0.05) is 37.6 Å². The van der Waals surface area contributed by atoms with Crippen LogP contribution in [-0.4, -0.2) is 49.8 Å². The number of methoxy groups -OCH3 is 2. The van der Waals surface area contributed by atoms with Gasteiger partial charge in [0.2, 0.25) is 0 Å². The van der Waals surface area contributed by atoms with Crippen molar-refractivity contribution < 1.29 is 9.47 Å². The average molecular weight is 406 g/mol. The van der Waals surface area contributed by atoms with E-state index in [0.717, 1.165) is 53.9 Å². The van der Waals surface area contributed by atoms with E-state index in [1.165, 1.54) is 0 Å². The fourth-order valence-corrected chi connectivity index (χ4v) is 3.72. The first-order valence-electron chi connectivity index (χ1n) is 7.83. The molecular weight excluding hydrogens is 381 g/mol. The highest BCUT2D eigenvalue weighted by atomic mass is 35.5. The number of benzene rings is 1. The number of aromatic nitrogens is 1. The van der Waals surface area contributed by atoms with Gasteiger partial charge < -0.3 is 14.8 Å². The number of nitrogens with zero attached hydrogens (tertiary/aromatic N) is 2. The number of hydrogen-bond donors (Lipinski definition) is 1. The smallest absolute Gasteiger partial charge is 0.170 e. The second-order valence-electron chi connectivity index (χ2n) is 5.71. The molecule has 0 amide bonds. The molecule has 1 aliphatic rings. The molecule has 1 aromatic carbocycles.